The van der Waals surface area contributed by atoms with Crippen LogP contribution < -0.4 is 0 Å². The number of hydrogen-bond donors (Lipinski definition) is 0. The summed E-state index contributed by atoms with van der Waals surface area (Å²) >= 11 is 3.47. The highest BCUT2D eigenvalue weighted by Crippen LogP contribution is 2.28. The fourth-order valence-corrected chi connectivity index (χ4v) is 2.42. The van der Waals surface area contributed by atoms with Crippen molar-refractivity contribution >= 4 is 27.2 Å². The molecule has 4 heteroatoms. The van der Waals surface area contributed by atoms with Crippen molar-refractivity contribution < 1.29 is 4.39 Å². The first kappa shape index (κ1) is 10.5. The fraction of sp³-hybridized carbons (Fsp3) is 0. The minimum Gasteiger partial charge on any atom is -0.259 e. The third kappa shape index (κ3) is 1.74. The molecule has 0 N–H and O–H groups in total. The first-order chi connectivity index (χ1) is 8.25. The minimum atomic E-state index is -0.232. The zero-order valence-corrected chi connectivity index (χ0v) is 10.4. The number of benzene rings is 1. The number of pyridine rings is 1. The number of hydrogen-bond acceptors (Lipinski definition) is 1. The molecule has 0 amide bonds. The number of nitrogens with zero attached hydrogens (tertiary/aromatic N) is 2. The second kappa shape index (κ2) is 3.96. The average molecular weight is 291 g/mol. The van der Waals surface area contributed by atoms with E-state index in [1.54, 1.807) is 18.3 Å². The van der Waals surface area contributed by atoms with Gasteiger partial charge in [-0.2, -0.15) is 0 Å². The number of fused-ring (bicyclic) bond motifs is 1. The summed E-state index contributed by atoms with van der Waals surface area (Å²) in [5, 5.41) is 1.05. The molecule has 0 atom stereocenters. The molecule has 2 aromatic heterocycles. The largest absolute Gasteiger partial charge is 0.259 e. The SMILES string of the molecule is Fc1ccc(-c2cc3cccnc3n2Br)cc1. The van der Waals surface area contributed by atoms with Gasteiger partial charge in [0.1, 0.15) is 5.82 Å². The van der Waals surface area contributed by atoms with E-state index in [1.165, 1.54) is 12.1 Å². The summed E-state index contributed by atoms with van der Waals surface area (Å²) in [5.74, 6) is -0.232. The quantitative estimate of drug-likeness (QED) is 0.662. The zero-order valence-electron chi connectivity index (χ0n) is 8.77. The van der Waals surface area contributed by atoms with Crippen LogP contribution in [0.3, 0.4) is 0 Å². The Morgan fingerprint density at radius 3 is 2.59 bits per heavy atom. The molecule has 0 aliphatic heterocycles. The molecule has 0 saturated heterocycles. The van der Waals surface area contributed by atoms with Crippen molar-refractivity contribution in [3.05, 3.63) is 54.5 Å². The van der Waals surface area contributed by atoms with Gasteiger partial charge in [0.05, 0.1) is 21.8 Å². The van der Waals surface area contributed by atoms with E-state index in [9.17, 15) is 4.39 Å². The molecule has 3 aromatic rings. The average Bonchev–Trinajstić information content (AvgIpc) is 2.69. The lowest BCUT2D eigenvalue weighted by molar-refractivity contribution is 0.628. The highest BCUT2D eigenvalue weighted by Gasteiger charge is 2.09. The second-order valence-electron chi connectivity index (χ2n) is 3.73. The summed E-state index contributed by atoms with van der Waals surface area (Å²) < 4.78 is 14.7. The molecule has 2 heterocycles. The number of rotatable bonds is 1. The third-order valence-electron chi connectivity index (χ3n) is 2.65. The lowest BCUT2D eigenvalue weighted by Crippen LogP contribution is -1.86. The number of aromatic nitrogens is 2. The standard InChI is InChI=1S/C13H8BrFN2/c14-17-12(9-3-5-11(15)6-4-9)8-10-2-1-7-16-13(10)17/h1-8H. The Bertz CT molecular complexity index is 673. The summed E-state index contributed by atoms with van der Waals surface area (Å²) in [6, 6.07) is 12.3. The maximum atomic E-state index is 12.9. The monoisotopic (exact) mass is 290 g/mol. The Morgan fingerprint density at radius 1 is 1.12 bits per heavy atom. The normalized spacial score (nSPS) is 10.9. The van der Waals surface area contributed by atoms with Gasteiger partial charge in [-0.1, -0.05) is 0 Å². The van der Waals surface area contributed by atoms with Gasteiger partial charge in [0, 0.05) is 11.6 Å². The van der Waals surface area contributed by atoms with Crippen LogP contribution in [0.15, 0.2) is 48.7 Å². The van der Waals surface area contributed by atoms with Crippen LogP contribution in [-0.4, -0.2) is 8.58 Å². The van der Waals surface area contributed by atoms with E-state index >= 15 is 0 Å². The Labute approximate surface area is 106 Å². The maximum Gasteiger partial charge on any atom is 0.150 e. The van der Waals surface area contributed by atoms with Crippen molar-refractivity contribution in [3.8, 4) is 11.3 Å². The summed E-state index contributed by atoms with van der Waals surface area (Å²) in [5.41, 5.74) is 2.76. The predicted molar refractivity (Wildman–Crippen MR) is 69.5 cm³/mol. The van der Waals surface area contributed by atoms with E-state index in [2.05, 4.69) is 21.1 Å². The highest BCUT2D eigenvalue weighted by molar-refractivity contribution is 9.08. The first-order valence-electron chi connectivity index (χ1n) is 5.14. The van der Waals surface area contributed by atoms with Gasteiger partial charge in [-0.15, -0.1) is 0 Å². The molecule has 1 aromatic carbocycles. The van der Waals surface area contributed by atoms with Crippen LogP contribution in [0.5, 0.6) is 0 Å². The molecule has 17 heavy (non-hydrogen) atoms. The van der Waals surface area contributed by atoms with Crippen molar-refractivity contribution in [1.82, 2.24) is 8.58 Å². The molecule has 3 rings (SSSR count). The summed E-state index contributed by atoms with van der Waals surface area (Å²) in [7, 11) is 0. The smallest absolute Gasteiger partial charge is 0.150 e. The topological polar surface area (TPSA) is 17.8 Å². The highest BCUT2D eigenvalue weighted by atomic mass is 79.9. The molecular weight excluding hydrogens is 283 g/mol. The molecule has 0 aliphatic carbocycles. The van der Waals surface area contributed by atoms with E-state index in [-0.39, 0.29) is 5.82 Å². The first-order valence-corrected chi connectivity index (χ1v) is 5.85. The maximum absolute atomic E-state index is 12.9. The molecular formula is C13H8BrFN2. The number of halogens is 2. The lowest BCUT2D eigenvalue weighted by atomic mass is 10.1. The second-order valence-corrected chi connectivity index (χ2v) is 4.44. The molecule has 0 aliphatic rings. The van der Waals surface area contributed by atoms with Crippen molar-refractivity contribution in [2.75, 3.05) is 0 Å². The van der Waals surface area contributed by atoms with Crippen LogP contribution >= 0.6 is 16.1 Å². The molecule has 0 fully saturated rings. The van der Waals surface area contributed by atoms with Crippen molar-refractivity contribution in [1.29, 1.82) is 0 Å². The van der Waals surface area contributed by atoms with Crippen LogP contribution in [0.2, 0.25) is 0 Å². The van der Waals surface area contributed by atoms with E-state index < -0.39 is 0 Å². The Balaban J connectivity index is 2.24. The molecule has 0 saturated carbocycles. The Hall–Kier alpha value is -1.68. The summed E-state index contributed by atoms with van der Waals surface area (Å²) in [4.78, 5) is 4.29. The minimum absolute atomic E-state index is 0.232. The molecule has 0 spiro atoms. The van der Waals surface area contributed by atoms with Crippen LogP contribution in [-0.2, 0) is 0 Å². The van der Waals surface area contributed by atoms with Gasteiger partial charge >= 0.3 is 0 Å². The zero-order chi connectivity index (χ0) is 11.8. The van der Waals surface area contributed by atoms with Crippen LogP contribution in [0.25, 0.3) is 22.3 Å². The molecule has 0 bridgehead atoms. The van der Waals surface area contributed by atoms with Gasteiger partial charge in [0.15, 0.2) is 5.65 Å². The van der Waals surface area contributed by atoms with Crippen LogP contribution in [0.4, 0.5) is 4.39 Å². The van der Waals surface area contributed by atoms with E-state index in [4.69, 9.17) is 0 Å². The summed E-state index contributed by atoms with van der Waals surface area (Å²) in [6.45, 7) is 0. The van der Waals surface area contributed by atoms with Gasteiger partial charge < -0.3 is 0 Å². The van der Waals surface area contributed by atoms with Crippen molar-refractivity contribution in [2.24, 2.45) is 0 Å². The van der Waals surface area contributed by atoms with E-state index in [0.717, 1.165) is 22.3 Å². The van der Waals surface area contributed by atoms with E-state index in [0.29, 0.717) is 0 Å². The summed E-state index contributed by atoms with van der Waals surface area (Å²) in [6.07, 6.45) is 1.74. The fourth-order valence-electron chi connectivity index (χ4n) is 1.82. The van der Waals surface area contributed by atoms with E-state index in [1.807, 2.05) is 21.8 Å². The van der Waals surface area contributed by atoms with Crippen LogP contribution in [0.1, 0.15) is 0 Å². The van der Waals surface area contributed by atoms with Gasteiger partial charge in [0.2, 0.25) is 0 Å². The van der Waals surface area contributed by atoms with Gasteiger partial charge in [-0.05, 0) is 48.0 Å². The molecule has 2 nitrogen and oxygen atoms in total. The third-order valence-corrected chi connectivity index (χ3v) is 3.36. The lowest BCUT2D eigenvalue weighted by Gasteiger charge is -2.01. The van der Waals surface area contributed by atoms with Crippen LogP contribution in [0, 0.1) is 5.82 Å². The Kier molecular flexibility index (Phi) is 2.44. The molecule has 84 valence electrons. The molecule has 0 unspecified atom stereocenters. The molecule has 0 radical (unpaired) electrons. The van der Waals surface area contributed by atoms with Gasteiger partial charge in [-0.25, -0.2) is 9.37 Å². The Morgan fingerprint density at radius 2 is 1.88 bits per heavy atom. The van der Waals surface area contributed by atoms with Crippen molar-refractivity contribution in [3.63, 3.8) is 0 Å². The van der Waals surface area contributed by atoms with Gasteiger partial charge in [-0.3, -0.25) is 3.59 Å². The van der Waals surface area contributed by atoms with Crippen molar-refractivity contribution in [2.45, 2.75) is 0 Å². The predicted octanol–water partition coefficient (Wildman–Crippen LogP) is 4.00. The van der Waals surface area contributed by atoms with Gasteiger partial charge in [0.25, 0.3) is 0 Å².